The van der Waals surface area contributed by atoms with Crippen LogP contribution in [-0.2, 0) is 14.8 Å². The first-order chi connectivity index (χ1) is 12.2. The van der Waals surface area contributed by atoms with Crippen LogP contribution >= 0.6 is 0 Å². The number of nitrogens with one attached hydrogen (secondary N) is 1. The summed E-state index contributed by atoms with van der Waals surface area (Å²) in [6, 6.07) is 11.3. The van der Waals surface area contributed by atoms with Gasteiger partial charge in [0.05, 0.1) is 10.6 Å². The van der Waals surface area contributed by atoms with Gasteiger partial charge in [0.15, 0.2) is 0 Å². The molecule has 0 saturated carbocycles. The number of benzene rings is 2. The minimum Gasteiger partial charge on any atom is -0.352 e. The van der Waals surface area contributed by atoms with E-state index >= 15 is 0 Å². The van der Waals surface area contributed by atoms with Gasteiger partial charge in [-0.2, -0.15) is 0 Å². The number of hydrogen-bond donors (Lipinski definition) is 1. The van der Waals surface area contributed by atoms with E-state index in [0.29, 0.717) is 5.69 Å². The molecule has 140 valence electrons. The molecule has 0 bridgehead atoms. The molecule has 7 heteroatoms. The first-order valence-electron chi connectivity index (χ1n) is 8.38. The standard InChI is InChI=1S/C19H23FN2O3S/c1-4-15(3)21-19(23)13-22(17-9-5-14(2)6-10-17)26(24,25)18-11-7-16(20)8-12-18/h5-12,15H,4,13H2,1-3H3,(H,21,23). The summed E-state index contributed by atoms with van der Waals surface area (Å²) in [5.41, 5.74) is 1.34. The molecule has 2 aromatic carbocycles. The number of carbonyl (C=O) groups is 1. The molecule has 1 amide bonds. The van der Waals surface area contributed by atoms with Gasteiger partial charge in [0.1, 0.15) is 12.4 Å². The molecule has 1 N–H and O–H groups in total. The summed E-state index contributed by atoms with van der Waals surface area (Å²) in [7, 11) is -4.02. The van der Waals surface area contributed by atoms with Gasteiger partial charge in [-0.05, 0) is 56.7 Å². The summed E-state index contributed by atoms with van der Waals surface area (Å²) in [6.45, 7) is 5.31. The molecular weight excluding hydrogens is 355 g/mol. The molecule has 1 unspecified atom stereocenters. The summed E-state index contributed by atoms with van der Waals surface area (Å²) >= 11 is 0. The molecule has 5 nitrogen and oxygen atoms in total. The van der Waals surface area contributed by atoms with Crippen LogP contribution in [0.1, 0.15) is 25.8 Å². The van der Waals surface area contributed by atoms with E-state index in [1.165, 1.54) is 12.1 Å². The minimum atomic E-state index is -4.02. The average molecular weight is 378 g/mol. The highest BCUT2D eigenvalue weighted by Crippen LogP contribution is 2.24. The van der Waals surface area contributed by atoms with E-state index in [-0.39, 0.29) is 17.5 Å². The highest BCUT2D eigenvalue weighted by molar-refractivity contribution is 7.92. The molecule has 0 aromatic heterocycles. The molecule has 2 aromatic rings. The van der Waals surface area contributed by atoms with Gasteiger partial charge in [-0.15, -0.1) is 0 Å². The van der Waals surface area contributed by atoms with Crippen molar-refractivity contribution in [3.63, 3.8) is 0 Å². The number of rotatable bonds is 7. The lowest BCUT2D eigenvalue weighted by Gasteiger charge is -2.25. The number of sulfonamides is 1. The fourth-order valence-electron chi connectivity index (χ4n) is 2.31. The predicted molar refractivity (Wildman–Crippen MR) is 100 cm³/mol. The summed E-state index contributed by atoms with van der Waals surface area (Å²) in [4.78, 5) is 12.2. The Hall–Kier alpha value is -2.41. The van der Waals surface area contributed by atoms with Crippen molar-refractivity contribution in [3.05, 3.63) is 59.9 Å². The Kier molecular flexibility index (Phi) is 6.37. The maximum absolute atomic E-state index is 13.2. The van der Waals surface area contributed by atoms with Gasteiger partial charge < -0.3 is 5.32 Å². The van der Waals surface area contributed by atoms with Crippen LogP contribution in [0.4, 0.5) is 10.1 Å². The van der Waals surface area contributed by atoms with Crippen LogP contribution in [0.5, 0.6) is 0 Å². The van der Waals surface area contributed by atoms with E-state index < -0.39 is 21.7 Å². The van der Waals surface area contributed by atoms with Crippen LogP contribution in [0.2, 0.25) is 0 Å². The lowest BCUT2D eigenvalue weighted by Crippen LogP contribution is -2.43. The topological polar surface area (TPSA) is 66.5 Å². The van der Waals surface area contributed by atoms with Gasteiger partial charge in [0.2, 0.25) is 5.91 Å². The normalized spacial score (nSPS) is 12.5. The quantitative estimate of drug-likeness (QED) is 0.804. The average Bonchev–Trinajstić information content (AvgIpc) is 2.60. The Balaban J connectivity index is 2.40. The number of halogens is 1. The molecule has 1 atom stereocenters. The summed E-state index contributed by atoms with van der Waals surface area (Å²) in [6.07, 6.45) is 0.737. The monoisotopic (exact) mass is 378 g/mol. The highest BCUT2D eigenvalue weighted by Gasteiger charge is 2.27. The molecule has 26 heavy (non-hydrogen) atoms. The predicted octanol–water partition coefficient (Wildman–Crippen LogP) is 3.24. The van der Waals surface area contributed by atoms with Crippen LogP contribution in [0.15, 0.2) is 53.4 Å². The minimum absolute atomic E-state index is 0.0594. The van der Waals surface area contributed by atoms with Crippen molar-refractivity contribution in [2.75, 3.05) is 10.8 Å². The molecule has 0 aliphatic rings. The van der Waals surface area contributed by atoms with Gasteiger partial charge in [0.25, 0.3) is 10.0 Å². The molecule has 0 aliphatic heterocycles. The molecular formula is C19H23FN2O3S. The smallest absolute Gasteiger partial charge is 0.264 e. The lowest BCUT2D eigenvalue weighted by molar-refractivity contribution is -0.120. The zero-order chi connectivity index (χ0) is 19.3. The molecule has 0 aliphatic carbocycles. The molecule has 0 fully saturated rings. The van der Waals surface area contributed by atoms with Gasteiger partial charge in [-0.3, -0.25) is 9.10 Å². The number of anilines is 1. The van der Waals surface area contributed by atoms with Crippen molar-refractivity contribution in [3.8, 4) is 0 Å². The Morgan fingerprint density at radius 1 is 1.12 bits per heavy atom. The zero-order valence-electron chi connectivity index (χ0n) is 15.1. The molecule has 0 saturated heterocycles. The Morgan fingerprint density at radius 2 is 1.69 bits per heavy atom. The van der Waals surface area contributed by atoms with E-state index in [2.05, 4.69) is 5.32 Å². The van der Waals surface area contributed by atoms with E-state index in [1.54, 1.807) is 24.3 Å². The fraction of sp³-hybridized carbons (Fsp3) is 0.316. The summed E-state index contributed by atoms with van der Waals surface area (Å²) in [5, 5.41) is 2.77. The number of hydrogen-bond acceptors (Lipinski definition) is 3. The van der Waals surface area contributed by atoms with Crippen molar-refractivity contribution in [2.45, 2.75) is 38.1 Å². The van der Waals surface area contributed by atoms with E-state index in [9.17, 15) is 17.6 Å². The van der Waals surface area contributed by atoms with Gasteiger partial charge in [0, 0.05) is 6.04 Å². The van der Waals surface area contributed by atoms with Crippen LogP contribution in [0, 0.1) is 12.7 Å². The Morgan fingerprint density at radius 3 is 2.23 bits per heavy atom. The fourth-order valence-corrected chi connectivity index (χ4v) is 3.73. The number of aryl methyl sites for hydroxylation is 1. The molecule has 0 radical (unpaired) electrons. The third kappa shape index (κ3) is 4.82. The van der Waals surface area contributed by atoms with E-state index in [0.717, 1.165) is 28.4 Å². The molecule has 0 heterocycles. The molecule has 0 spiro atoms. The number of carbonyl (C=O) groups excluding carboxylic acids is 1. The SMILES string of the molecule is CCC(C)NC(=O)CN(c1ccc(C)cc1)S(=O)(=O)c1ccc(F)cc1. The van der Waals surface area contributed by atoms with Gasteiger partial charge in [-0.1, -0.05) is 24.6 Å². The van der Waals surface area contributed by atoms with Crippen LogP contribution in [0.25, 0.3) is 0 Å². The first kappa shape index (κ1) is 19.9. The number of amides is 1. The molecule has 2 rings (SSSR count). The van der Waals surface area contributed by atoms with Crippen molar-refractivity contribution < 1.29 is 17.6 Å². The second-order valence-electron chi connectivity index (χ2n) is 6.18. The van der Waals surface area contributed by atoms with Crippen molar-refractivity contribution in [1.29, 1.82) is 0 Å². The van der Waals surface area contributed by atoms with Crippen LogP contribution < -0.4 is 9.62 Å². The maximum atomic E-state index is 13.2. The Labute approximate surface area is 153 Å². The summed E-state index contributed by atoms with van der Waals surface area (Å²) in [5.74, 6) is -0.925. The van der Waals surface area contributed by atoms with Gasteiger partial charge >= 0.3 is 0 Å². The lowest BCUT2D eigenvalue weighted by atomic mass is 10.2. The van der Waals surface area contributed by atoms with E-state index in [4.69, 9.17) is 0 Å². The third-order valence-corrected chi connectivity index (χ3v) is 5.82. The second kappa shape index (κ2) is 8.31. The maximum Gasteiger partial charge on any atom is 0.264 e. The largest absolute Gasteiger partial charge is 0.352 e. The number of nitrogens with zero attached hydrogens (tertiary/aromatic N) is 1. The van der Waals surface area contributed by atoms with Gasteiger partial charge in [-0.25, -0.2) is 12.8 Å². The second-order valence-corrected chi connectivity index (χ2v) is 8.04. The summed E-state index contributed by atoms with van der Waals surface area (Å²) < 4.78 is 40.3. The van der Waals surface area contributed by atoms with Crippen molar-refractivity contribution >= 4 is 21.6 Å². The first-order valence-corrected chi connectivity index (χ1v) is 9.82. The van der Waals surface area contributed by atoms with Crippen molar-refractivity contribution in [2.24, 2.45) is 0 Å². The Bertz CT molecular complexity index is 849. The van der Waals surface area contributed by atoms with E-state index in [1.807, 2.05) is 20.8 Å². The highest BCUT2D eigenvalue weighted by atomic mass is 32.2. The zero-order valence-corrected chi connectivity index (χ0v) is 15.9. The van der Waals surface area contributed by atoms with Crippen LogP contribution in [0.3, 0.4) is 0 Å². The van der Waals surface area contributed by atoms with Crippen molar-refractivity contribution in [1.82, 2.24) is 5.32 Å². The third-order valence-electron chi connectivity index (χ3n) is 4.03. The van der Waals surface area contributed by atoms with Crippen LogP contribution in [-0.4, -0.2) is 26.9 Å².